The molecular formula is C15H22O4. The Kier molecular flexibility index (Phi) is 4.92. The average Bonchev–Trinajstić information content (AvgIpc) is 2.36. The summed E-state index contributed by atoms with van der Waals surface area (Å²) in [6, 6.07) is 0. The summed E-state index contributed by atoms with van der Waals surface area (Å²) in [5.74, 6) is -1.91. The van der Waals surface area contributed by atoms with E-state index in [1.54, 1.807) is 13.0 Å². The minimum Gasteiger partial charge on any atom is -0.481 e. The molecule has 4 nitrogen and oxygen atoms in total. The third kappa shape index (κ3) is 2.88. The van der Waals surface area contributed by atoms with Gasteiger partial charge in [0.05, 0.1) is 5.41 Å². The van der Waals surface area contributed by atoms with Crippen LogP contribution in [0.15, 0.2) is 22.8 Å². The van der Waals surface area contributed by atoms with E-state index >= 15 is 0 Å². The highest BCUT2D eigenvalue weighted by Crippen LogP contribution is 2.44. The molecule has 1 unspecified atom stereocenters. The topological polar surface area (TPSA) is 74.6 Å². The quantitative estimate of drug-likeness (QED) is 0.772. The third-order valence-corrected chi connectivity index (χ3v) is 4.02. The monoisotopic (exact) mass is 266 g/mol. The van der Waals surface area contributed by atoms with Gasteiger partial charge in [0, 0.05) is 5.57 Å². The fraction of sp³-hybridized carbons (Fsp3) is 0.600. The molecule has 0 aromatic rings. The minimum atomic E-state index is -1.04. The van der Waals surface area contributed by atoms with Crippen molar-refractivity contribution in [2.45, 2.75) is 52.9 Å². The van der Waals surface area contributed by atoms with E-state index in [0.29, 0.717) is 12.8 Å². The van der Waals surface area contributed by atoms with Crippen molar-refractivity contribution in [1.29, 1.82) is 0 Å². The van der Waals surface area contributed by atoms with E-state index < -0.39 is 17.4 Å². The minimum absolute atomic E-state index is 0.100. The molecule has 0 amide bonds. The van der Waals surface area contributed by atoms with E-state index in [2.05, 4.69) is 0 Å². The zero-order chi connectivity index (χ0) is 14.6. The van der Waals surface area contributed by atoms with Crippen LogP contribution in [0.3, 0.4) is 0 Å². The van der Waals surface area contributed by atoms with Crippen molar-refractivity contribution >= 4 is 11.9 Å². The van der Waals surface area contributed by atoms with E-state index in [1.807, 2.05) is 13.8 Å². The van der Waals surface area contributed by atoms with Crippen LogP contribution < -0.4 is 0 Å². The molecule has 1 atom stereocenters. The van der Waals surface area contributed by atoms with E-state index in [0.717, 1.165) is 24.0 Å². The molecule has 0 spiro atoms. The predicted octanol–water partition coefficient (Wildman–Crippen LogP) is 3.39. The average molecular weight is 266 g/mol. The van der Waals surface area contributed by atoms with Gasteiger partial charge < -0.3 is 10.2 Å². The first-order valence-electron chi connectivity index (χ1n) is 6.76. The Morgan fingerprint density at radius 1 is 1.32 bits per heavy atom. The summed E-state index contributed by atoms with van der Waals surface area (Å²) in [5, 5.41) is 18.9. The van der Waals surface area contributed by atoms with Gasteiger partial charge in [0.15, 0.2) is 0 Å². The molecule has 19 heavy (non-hydrogen) atoms. The molecule has 0 aromatic heterocycles. The van der Waals surface area contributed by atoms with E-state index in [-0.39, 0.29) is 12.0 Å². The number of rotatable bonds is 6. The zero-order valence-electron chi connectivity index (χ0n) is 11.8. The Bertz CT molecular complexity index is 445. The van der Waals surface area contributed by atoms with Crippen molar-refractivity contribution in [3.05, 3.63) is 22.8 Å². The van der Waals surface area contributed by atoms with Gasteiger partial charge in [0.25, 0.3) is 0 Å². The maximum absolute atomic E-state index is 11.7. The van der Waals surface area contributed by atoms with Gasteiger partial charge >= 0.3 is 11.9 Å². The lowest BCUT2D eigenvalue weighted by Crippen LogP contribution is -2.36. The molecule has 1 rings (SSSR count). The lowest BCUT2D eigenvalue weighted by Gasteiger charge is -2.34. The normalized spacial score (nSPS) is 23.2. The number of unbranched alkanes of at least 4 members (excludes halogenated alkanes) is 1. The van der Waals surface area contributed by atoms with E-state index in [9.17, 15) is 19.8 Å². The second-order valence-electron chi connectivity index (χ2n) is 5.16. The smallest absolute Gasteiger partial charge is 0.331 e. The summed E-state index contributed by atoms with van der Waals surface area (Å²) in [6.07, 6.45) is 4.65. The predicted molar refractivity (Wildman–Crippen MR) is 72.9 cm³/mol. The zero-order valence-corrected chi connectivity index (χ0v) is 11.8. The Balaban J connectivity index is 3.25. The second kappa shape index (κ2) is 6.04. The fourth-order valence-corrected chi connectivity index (χ4v) is 2.69. The highest BCUT2D eigenvalue weighted by atomic mass is 16.4. The molecule has 0 fully saturated rings. The van der Waals surface area contributed by atoms with Crippen molar-refractivity contribution < 1.29 is 19.8 Å². The number of hydrogen-bond donors (Lipinski definition) is 2. The number of carboxylic acids is 2. The highest BCUT2D eigenvalue weighted by Gasteiger charge is 2.44. The summed E-state index contributed by atoms with van der Waals surface area (Å²) in [6.45, 7) is 5.70. The number of carbonyl (C=O) groups is 2. The Morgan fingerprint density at radius 2 is 1.95 bits per heavy atom. The Morgan fingerprint density at radius 3 is 2.37 bits per heavy atom. The van der Waals surface area contributed by atoms with Crippen molar-refractivity contribution in [2.24, 2.45) is 5.41 Å². The number of allylic oxidation sites excluding steroid dienone is 2. The van der Waals surface area contributed by atoms with Crippen LogP contribution >= 0.6 is 0 Å². The summed E-state index contributed by atoms with van der Waals surface area (Å²) < 4.78 is 0. The van der Waals surface area contributed by atoms with Gasteiger partial charge in [-0.15, -0.1) is 0 Å². The number of aliphatic carboxylic acids is 2. The maximum Gasteiger partial charge on any atom is 0.331 e. The van der Waals surface area contributed by atoms with Crippen LogP contribution in [0, 0.1) is 5.41 Å². The molecule has 0 heterocycles. The van der Waals surface area contributed by atoms with Crippen LogP contribution in [0.4, 0.5) is 0 Å². The molecule has 0 bridgehead atoms. The van der Waals surface area contributed by atoms with Crippen LogP contribution in [0.1, 0.15) is 52.9 Å². The Hall–Kier alpha value is -1.58. The summed E-state index contributed by atoms with van der Waals surface area (Å²) >= 11 is 0. The molecule has 1 aliphatic carbocycles. The summed E-state index contributed by atoms with van der Waals surface area (Å²) in [7, 11) is 0. The van der Waals surface area contributed by atoms with Crippen molar-refractivity contribution in [3.63, 3.8) is 0 Å². The number of hydrogen-bond acceptors (Lipinski definition) is 2. The van der Waals surface area contributed by atoms with Crippen molar-refractivity contribution in [3.8, 4) is 0 Å². The van der Waals surface area contributed by atoms with Gasteiger partial charge in [-0.1, -0.05) is 38.3 Å². The van der Waals surface area contributed by atoms with Crippen molar-refractivity contribution in [2.75, 3.05) is 0 Å². The lowest BCUT2D eigenvalue weighted by molar-refractivity contribution is -0.147. The molecule has 0 saturated carbocycles. The molecule has 106 valence electrons. The molecule has 0 radical (unpaired) electrons. The summed E-state index contributed by atoms with van der Waals surface area (Å²) in [5.41, 5.74) is 0.739. The SMILES string of the molecule is CCCCC1(C(=O)O)CC(C(=O)O)=C(CC)C=C1C. The lowest BCUT2D eigenvalue weighted by atomic mass is 9.68. The van der Waals surface area contributed by atoms with Gasteiger partial charge in [-0.2, -0.15) is 0 Å². The third-order valence-electron chi connectivity index (χ3n) is 4.02. The molecule has 0 saturated heterocycles. The van der Waals surface area contributed by atoms with Gasteiger partial charge in [0.2, 0.25) is 0 Å². The van der Waals surface area contributed by atoms with E-state index in [4.69, 9.17) is 0 Å². The van der Waals surface area contributed by atoms with Crippen LogP contribution in [0.25, 0.3) is 0 Å². The van der Waals surface area contributed by atoms with Crippen LogP contribution in [0.2, 0.25) is 0 Å². The molecular weight excluding hydrogens is 244 g/mol. The molecule has 0 aliphatic heterocycles. The second-order valence-corrected chi connectivity index (χ2v) is 5.16. The van der Waals surface area contributed by atoms with Gasteiger partial charge in [-0.05, 0) is 31.8 Å². The largest absolute Gasteiger partial charge is 0.481 e. The number of carboxylic acid groups (broad SMARTS) is 2. The molecule has 1 aliphatic rings. The van der Waals surface area contributed by atoms with Gasteiger partial charge in [-0.25, -0.2) is 4.79 Å². The maximum atomic E-state index is 11.7. The summed E-state index contributed by atoms with van der Waals surface area (Å²) in [4.78, 5) is 23.0. The van der Waals surface area contributed by atoms with Crippen LogP contribution in [0.5, 0.6) is 0 Å². The fourth-order valence-electron chi connectivity index (χ4n) is 2.69. The highest BCUT2D eigenvalue weighted by molar-refractivity contribution is 5.92. The van der Waals surface area contributed by atoms with Gasteiger partial charge in [0.1, 0.15) is 0 Å². The van der Waals surface area contributed by atoms with Crippen molar-refractivity contribution in [1.82, 2.24) is 0 Å². The van der Waals surface area contributed by atoms with E-state index in [1.165, 1.54) is 0 Å². The molecule has 4 heteroatoms. The molecule has 2 N–H and O–H groups in total. The van der Waals surface area contributed by atoms with Crippen LogP contribution in [-0.4, -0.2) is 22.2 Å². The standard InChI is InChI=1S/C15H22O4/c1-4-6-7-15(14(18)19)9-12(13(16)17)11(5-2)8-10(15)3/h8H,4-7,9H2,1-3H3,(H,16,17)(H,18,19). The van der Waals surface area contributed by atoms with Crippen LogP contribution in [-0.2, 0) is 9.59 Å². The first-order chi connectivity index (χ1) is 8.89. The Labute approximate surface area is 113 Å². The first kappa shape index (κ1) is 15.5. The first-order valence-corrected chi connectivity index (χ1v) is 6.76. The van der Waals surface area contributed by atoms with Gasteiger partial charge in [-0.3, -0.25) is 4.79 Å². The molecule has 0 aromatic carbocycles.